The molecule has 0 unspecified atom stereocenters. The molecule has 4 heteroatoms. The van der Waals surface area contributed by atoms with Crippen molar-refractivity contribution in [1.82, 2.24) is 0 Å². The molecule has 0 bridgehead atoms. The fraction of sp³-hybridized carbons (Fsp3) is 0.696. The van der Waals surface area contributed by atoms with E-state index in [0.29, 0.717) is 30.6 Å². The first-order chi connectivity index (χ1) is 12.6. The summed E-state index contributed by atoms with van der Waals surface area (Å²) in [4.78, 5) is 36.5. The first kappa shape index (κ1) is 18.6. The average Bonchev–Trinajstić information content (AvgIpc) is 2.89. The van der Waals surface area contributed by atoms with Crippen LogP contribution in [0.2, 0.25) is 0 Å². The Morgan fingerprint density at radius 2 is 1.78 bits per heavy atom. The summed E-state index contributed by atoms with van der Waals surface area (Å²) in [5.74, 6) is 1.03. The van der Waals surface area contributed by atoms with E-state index in [0.717, 1.165) is 25.7 Å². The second-order valence-electron chi connectivity index (χ2n) is 9.60. The number of hydrogen-bond acceptors (Lipinski definition) is 4. The van der Waals surface area contributed by atoms with Crippen LogP contribution in [0.3, 0.4) is 0 Å². The second-order valence-corrected chi connectivity index (χ2v) is 9.60. The van der Waals surface area contributed by atoms with Crippen molar-refractivity contribution in [2.75, 3.05) is 0 Å². The largest absolute Gasteiger partial charge is 0.451 e. The van der Waals surface area contributed by atoms with E-state index in [2.05, 4.69) is 26.0 Å². The van der Waals surface area contributed by atoms with Crippen molar-refractivity contribution in [2.45, 2.75) is 71.8 Å². The van der Waals surface area contributed by atoms with Crippen molar-refractivity contribution in [3.05, 3.63) is 23.8 Å². The summed E-state index contributed by atoms with van der Waals surface area (Å²) in [6.45, 7) is 7.46. The molecule has 0 N–H and O–H groups in total. The van der Waals surface area contributed by atoms with E-state index in [1.807, 2.05) is 6.08 Å². The number of hydrogen-bond donors (Lipinski definition) is 0. The SMILES string of the molecule is CC(=O)O[C@]1(C(C)=O)CC[C@@H]2[C@@H]3C=CC4=CC(=O)CC[C@]4(C)[C@H]3CC[C@]21C. The van der Waals surface area contributed by atoms with E-state index in [1.165, 1.54) is 12.5 Å². The van der Waals surface area contributed by atoms with E-state index >= 15 is 0 Å². The first-order valence-electron chi connectivity index (χ1n) is 10.3. The van der Waals surface area contributed by atoms with E-state index in [-0.39, 0.29) is 28.4 Å². The van der Waals surface area contributed by atoms with Crippen LogP contribution in [0.4, 0.5) is 0 Å². The predicted octanol–water partition coefficient (Wildman–Crippen LogP) is 4.19. The molecule has 27 heavy (non-hydrogen) atoms. The van der Waals surface area contributed by atoms with Gasteiger partial charge in [-0.15, -0.1) is 0 Å². The van der Waals surface area contributed by atoms with Crippen molar-refractivity contribution in [1.29, 1.82) is 0 Å². The maximum Gasteiger partial charge on any atom is 0.303 e. The Bertz CT molecular complexity index is 777. The molecule has 4 rings (SSSR count). The van der Waals surface area contributed by atoms with Crippen molar-refractivity contribution < 1.29 is 19.1 Å². The quantitative estimate of drug-likeness (QED) is 0.684. The van der Waals surface area contributed by atoms with Crippen molar-refractivity contribution >= 4 is 17.5 Å². The molecule has 2 saturated carbocycles. The molecule has 4 nitrogen and oxygen atoms in total. The third kappa shape index (κ3) is 2.37. The third-order valence-corrected chi connectivity index (χ3v) is 8.52. The smallest absolute Gasteiger partial charge is 0.303 e. The molecule has 4 aliphatic carbocycles. The monoisotopic (exact) mass is 370 g/mol. The summed E-state index contributed by atoms with van der Waals surface area (Å²) in [6, 6.07) is 0. The molecule has 6 atom stereocenters. The predicted molar refractivity (Wildman–Crippen MR) is 102 cm³/mol. The Balaban J connectivity index is 1.75. The molecule has 0 aliphatic heterocycles. The molecular formula is C23H30O4. The minimum atomic E-state index is -0.984. The number of Topliss-reactive ketones (excluding diaryl/α,β-unsaturated/α-hetero) is 1. The van der Waals surface area contributed by atoms with Crippen LogP contribution in [-0.4, -0.2) is 23.1 Å². The maximum atomic E-state index is 12.7. The van der Waals surface area contributed by atoms with Crippen LogP contribution < -0.4 is 0 Å². The molecule has 0 saturated heterocycles. The van der Waals surface area contributed by atoms with Gasteiger partial charge in [-0.1, -0.05) is 26.0 Å². The maximum absolute atomic E-state index is 12.7. The van der Waals surface area contributed by atoms with Crippen molar-refractivity contribution in [3.63, 3.8) is 0 Å². The molecule has 146 valence electrons. The Morgan fingerprint density at radius 3 is 2.44 bits per heavy atom. The van der Waals surface area contributed by atoms with E-state index < -0.39 is 5.60 Å². The van der Waals surface area contributed by atoms with Crippen LogP contribution >= 0.6 is 0 Å². The number of ether oxygens (including phenoxy) is 1. The lowest BCUT2D eigenvalue weighted by atomic mass is 9.48. The number of ketones is 2. The van der Waals surface area contributed by atoms with Gasteiger partial charge in [0, 0.05) is 18.8 Å². The van der Waals surface area contributed by atoms with Crippen LogP contribution in [0.15, 0.2) is 23.8 Å². The normalized spacial score (nSPS) is 45.4. The number of fused-ring (bicyclic) bond motifs is 5. The van der Waals surface area contributed by atoms with Crippen LogP contribution in [-0.2, 0) is 19.1 Å². The zero-order valence-electron chi connectivity index (χ0n) is 16.8. The first-order valence-corrected chi connectivity index (χ1v) is 10.3. The van der Waals surface area contributed by atoms with Gasteiger partial charge in [-0.3, -0.25) is 14.4 Å². The van der Waals surface area contributed by atoms with Crippen LogP contribution in [0.25, 0.3) is 0 Å². The number of carbonyl (C=O) groups is 3. The Kier molecular flexibility index (Phi) is 4.07. The second kappa shape index (κ2) is 5.89. The standard InChI is InChI=1S/C23H30O4/c1-14(24)23(27-15(2)25)12-9-20-18-6-5-16-13-17(26)7-10-21(16,3)19(18)8-11-22(20,23)4/h5-6,13,18-20H,7-12H2,1-4H3/t18-,19+,20-,21+,22-,23+/m1/s1. The number of esters is 1. The zero-order chi connectivity index (χ0) is 19.6. The minimum Gasteiger partial charge on any atom is -0.451 e. The molecule has 0 aromatic carbocycles. The summed E-state index contributed by atoms with van der Waals surface area (Å²) in [5, 5.41) is 0. The van der Waals surface area contributed by atoms with Crippen LogP contribution in [0, 0.1) is 28.6 Å². The van der Waals surface area contributed by atoms with Gasteiger partial charge in [0.1, 0.15) is 0 Å². The topological polar surface area (TPSA) is 60.4 Å². The highest BCUT2D eigenvalue weighted by Crippen LogP contribution is 2.67. The summed E-state index contributed by atoms with van der Waals surface area (Å²) < 4.78 is 5.79. The summed E-state index contributed by atoms with van der Waals surface area (Å²) in [6.07, 6.45) is 11.2. The summed E-state index contributed by atoms with van der Waals surface area (Å²) in [5.41, 5.74) is -0.0864. The summed E-state index contributed by atoms with van der Waals surface area (Å²) >= 11 is 0. The summed E-state index contributed by atoms with van der Waals surface area (Å²) in [7, 11) is 0. The number of rotatable bonds is 2. The highest BCUT2D eigenvalue weighted by atomic mass is 16.6. The molecular weight excluding hydrogens is 340 g/mol. The fourth-order valence-electron chi connectivity index (χ4n) is 7.06. The van der Waals surface area contributed by atoms with Gasteiger partial charge in [-0.05, 0) is 73.8 Å². The molecule has 4 aliphatic rings. The van der Waals surface area contributed by atoms with Gasteiger partial charge in [0.2, 0.25) is 0 Å². The highest BCUT2D eigenvalue weighted by Gasteiger charge is 2.67. The molecule has 0 spiro atoms. The zero-order valence-corrected chi connectivity index (χ0v) is 16.8. The minimum absolute atomic E-state index is 0.0176. The Labute approximate surface area is 161 Å². The molecule has 0 amide bonds. The van der Waals surface area contributed by atoms with Crippen LogP contribution in [0.5, 0.6) is 0 Å². The van der Waals surface area contributed by atoms with Gasteiger partial charge in [0.25, 0.3) is 0 Å². The molecule has 2 fully saturated rings. The van der Waals surface area contributed by atoms with E-state index in [9.17, 15) is 14.4 Å². The molecule has 0 aromatic heterocycles. The lowest BCUT2D eigenvalue weighted by Gasteiger charge is -2.57. The average molecular weight is 370 g/mol. The van der Waals surface area contributed by atoms with Gasteiger partial charge in [0.15, 0.2) is 17.2 Å². The third-order valence-electron chi connectivity index (χ3n) is 8.52. The fourth-order valence-corrected chi connectivity index (χ4v) is 7.06. The van der Waals surface area contributed by atoms with E-state index in [1.54, 1.807) is 6.92 Å². The molecule has 0 heterocycles. The highest BCUT2D eigenvalue weighted by molar-refractivity contribution is 5.92. The lowest BCUT2D eigenvalue weighted by molar-refractivity contribution is -0.185. The lowest BCUT2D eigenvalue weighted by Crippen LogP contribution is -2.58. The Hall–Kier alpha value is -1.71. The van der Waals surface area contributed by atoms with Gasteiger partial charge >= 0.3 is 5.97 Å². The molecule has 0 radical (unpaired) electrons. The van der Waals surface area contributed by atoms with Crippen molar-refractivity contribution in [3.8, 4) is 0 Å². The number of allylic oxidation sites excluding steroid dienone is 4. The van der Waals surface area contributed by atoms with Gasteiger partial charge in [-0.2, -0.15) is 0 Å². The van der Waals surface area contributed by atoms with Crippen LogP contribution in [0.1, 0.15) is 66.2 Å². The van der Waals surface area contributed by atoms with Gasteiger partial charge in [-0.25, -0.2) is 0 Å². The van der Waals surface area contributed by atoms with E-state index in [4.69, 9.17) is 4.74 Å². The number of carbonyl (C=O) groups excluding carboxylic acids is 3. The van der Waals surface area contributed by atoms with Gasteiger partial charge < -0.3 is 4.74 Å². The Morgan fingerprint density at radius 1 is 1.07 bits per heavy atom. The van der Waals surface area contributed by atoms with Crippen molar-refractivity contribution in [2.24, 2.45) is 28.6 Å². The van der Waals surface area contributed by atoms with Gasteiger partial charge in [0.05, 0.1) is 0 Å². The molecule has 0 aromatic rings.